The Kier molecular flexibility index (Phi) is 6.12. The van der Waals surface area contributed by atoms with Crippen molar-refractivity contribution in [3.8, 4) is 0 Å². The number of carbonyl (C=O) groups is 2. The Bertz CT molecular complexity index is 765. The molecule has 0 aromatic heterocycles. The zero-order chi connectivity index (χ0) is 18.4. The van der Waals surface area contributed by atoms with Gasteiger partial charge in [0.05, 0.1) is 5.69 Å². The summed E-state index contributed by atoms with van der Waals surface area (Å²) >= 11 is 5.56. The predicted octanol–water partition coefficient (Wildman–Crippen LogP) is 4.45. The van der Waals surface area contributed by atoms with Crippen LogP contribution in [-0.2, 0) is 20.9 Å². The zero-order valence-corrected chi connectivity index (χ0v) is 15.0. The minimum absolute atomic E-state index is 0.193. The van der Waals surface area contributed by atoms with Gasteiger partial charge in [-0.25, -0.2) is 4.79 Å². The number of ether oxygens (including phenoxy) is 2. The van der Waals surface area contributed by atoms with Crippen molar-refractivity contribution in [2.45, 2.75) is 25.6 Å². The number of amides is 1. The Balaban J connectivity index is 1.77. The van der Waals surface area contributed by atoms with Gasteiger partial charge >= 0.3 is 12.1 Å². The average molecular weight is 374 g/mol. The van der Waals surface area contributed by atoms with Gasteiger partial charge < -0.3 is 9.47 Å². The number of hydrogen-bond acceptors (Lipinski definition) is 4. The van der Waals surface area contributed by atoms with Gasteiger partial charge in [-0.1, -0.05) is 48.5 Å². The molecule has 0 unspecified atom stereocenters. The monoisotopic (exact) mass is 373 g/mol. The first-order chi connectivity index (χ1) is 12.7. The van der Waals surface area contributed by atoms with Crippen molar-refractivity contribution in [1.29, 1.82) is 0 Å². The van der Waals surface area contributed by atoms with Gasteiger partial charge in [0, 0.05) is 12.1 Å². The fourth-order valence-electron chi connectivity index (χ4n) is 3.02. The van der Waals surface area contributed by atoms with Crippen molar-refractivity contribution >= 4 is 29.4 Å². The standard InChI is InChI=1S/C20H20ClNO4/c21-13-19(23)26-18-11-6-12-22(17-10-5-4-9-16(17)18)20(24)25-14-15-7-2-1-3-8-15/h1-5,7-10,18H,6,11-14H2/t18-/m1/s1. The van der Waals surface area contributed by atoms with E-state index in [1.54, 1.807) is 4.90 Å². The molecule has 1 heterocycles. The molecule has 1 aliphatic rings. The highest BCUT2D eigenvalue weighted by Gasteiger charge is 2.29. The first-order valence-electron chi connectivity index (χ1n) is 8.51. The van der Waals surface area contributed by atoms with E-state index in [4.69, 9.17) is 21.1 Å². The number of esters is 1. The summed E-state index contributed by atoms with van der Waals surface area (Å²) in [6.07, 6.45) is 0.493. The maximum atomic E-state index is 12.6. The molecule has 0 aliphatic carbocycles. The molecule has 2 aromatic carbocycles. The fourth-order valence-corrected chi connectivity index (χ4v) is 3.08. The topological polar surface area (TPSA) is 55.8 Å². The van der Waals surface area contributed by atoms with E-state index in [9.17, 15) is 9.59 Å². The van der Waals surface area contributed by atoms with Crippen LogP contribution in [0.3, 0.4) is 0 Å². The third kappa shape index (κ3) is 4.35. The molecule has 3 rings (SSSR count). The molecule has 0 fully saturated rings. The highest BCUT2D eigenvalue weighted by molar-refractivity contribution is 6.26. The molecule has 5 nitrogen and oxygen atoms in total. The molecule has 0 spiro atoms. The molecule has 0 radical (unpaired) electrons. The molecule has 0 saturated carbocycles. The number of para-hydroxylation sites is 1. The van der Waals surface area contributed by atoms with E-state index in [1.807, 2.05) is 54.6 Å². The molecule has 136 valence electrons. The number of alkyl halides is 1. The number of benzene rings is 2. The van der Waals surface area contributed by atoms with Crippen LogP contribution in [0, 0.1) is 0 Å². The van der Waals surface area contributed by atoms with Crippen molar-refractivity contribution in [2.75, 3.05) is 17.3 Å². The Labute approximate surface area is 157 Å². The molecule has 0 saturated heterocycles. The van der Waals surface area contributed by atoms with Gasteiger partial charge in [0.2, 0.25) is 0 Å². The van der Waals surface area contributed by atoms with E-state index < -0.39 is 18.2 Å². The Hall–Kier alpha value is -2.53. The minimum Gasteiger partial charge on any atom is -0.457 e. The van der Waals surface area contributed by atoms with Crippen molar-refractivity contribution in [1.82, 2.24) is 0 Å². The molecule has 1 amide bonds. The molecular weight excluding hydrogens is 354 g/mol. The van der Waals surface area contributed by atoms with E-state index >= 15 is 0 Å². The van der Waals surface area contributed by atoms with Crippen LogP contribution in [0.4, 0.5) is 10.5 Å². The molecule has 0 bridgehead atoms. The Morgan fingerprint density at radius 1 is 1.08 bits per heavy atom. The maximum absolute atomic E-state index is 12.6. The van der Waals surface area contributed by atoms with Crippen LogP contribution in [0.2, 0.25) is 0 Å². The lowest BCUT2D eigenvalue weighted by Gasteiger charge is -2.23. The number of anilines is 1. The lowest BCUT2D eigenvalue weighted by atomic mass is 10.0. The molecule has 1 atom stereocenters. The number of fused-ring (bicyclic) bond motifs is 1. The van der Waals surface area contributed by atoms with Crippen LogP contribution in [0.1, 0.15) is 30.1 Å². The molecular formula is C20H20ClNO4. The molecule has 26 heavy (non-hydrogen) atoms. The summed E-state index contributed by atoms with van der Waals surface area (Å²) in [6, 6.07) is 17.0. The second-order valence-electron chi connectivity index (χ2n) is 6.00. The van der Waals surface area contributed by atoms with Crippen molar-refractivity contribution < 1.29 is 19.1 Å². The fraction of sp³-hybridized carbons (Fsp3) is 0.300. The predicted molar refractivity (Wildman–Crippen MR) is 99.2 cm³/mol. The van der Waals surface area contributed by atoms with E-state index in [1.165, 1.54) is 0 Å². The summed E-state index contributed by atoms with van der Waals surface area (Å²) in [4.78, 5) is 25.9. The van der Waals surface area contributed by atoms with Gasteiger partial charge in [-0.15, -0.1) is 11.6 Å². The summed E-state index contributed by atoms with van der Waals surface area (Å²) < 4.78 is 10.9. The summed E-state index contributed by atoms with van der Waals surface area (Å²) in [5.74, 6) is -0.659. The summed E-state index contributed by atoms with van der Waals surface area (Å²) in [6.45, 7) is 0.711. The van der Waals surface area contributed by atoms with E-state index in [0.29, 0.717) is 25.1 Å². The van der Waals surface area contributed by atoms with Crippen molar-refractivity contribution in [3.05, 3.63) is 65.7 Å². The number of hydrogen-bond donors (Lipinski definition) is 0. The summed E-state index contributed by atoms with van der Waals surface area (Å²) in [5.41, 5.74) is 2.42. The minimum atomic E-state index is -0.466. The normalized spacial score (nSPS) is 16.3. The molecule has 6 heteroatoms. The molecule has 0 N–H and O–H groups in total. The van der Waals surface area contributed by atoms with Crippen molar-refractivity contribution in [2.24, 2.45) is 0 Å². The second kappa shape index (κ2) is 8.72. The van der Waals surface area contributed by atoms with Gasteiger partial charge in [-0.3, -0.25) is 9.69 Å². The maximum Gasteiger partial charge on any atom is 0.414 e. The summed E-state index contributed by atoms with van der Waals surface area (Å²) in [5, 5.41) is 0. The van der Waals surface area contributed by atoms with Crippen LogP contribution in [0.5, 0.6) is 0 Å². The van der Waals surface area contributed by atoms with Crippen molar-refractivity contribution in [3.63, 3.8) is 0 Å². The van der Waals surface area contributed by atoms with Crippen LogP contribution >= 0.6 is 11.6 Å². The van der Waals surface area contributed by atoms with E-state index in [-0.39, 0.29) is 12.5 Å². The highest BCUT2D eigenvalue weighted by Crippen LogP contribution is 2.35. The van der Waals surface area contributed by atoms with Gasteiger partial charge in [0.15, 0.2) is 0 Å². The average Bonchev–Trinajstić information content (AvgIpc) is 2.86. The van der Waals surface area contributed by atoms with Crippen LogP contribution in [0.25, 0.3) is 0 Å². The van der Waals surface area contributed by atoms with Gasteiger partial charge in [-0.05, 0) is 24.5 Å². The lowest BCUT2D eigenvalue weighted by molar-refractivity contribution is -0.146. The molecule has 1 aliphatic heterocycles. The quantitative estimate of drug-likeness (QED) is 0.587. The number of nitrogens with zero attached hydrogens (tertiary/aromatic N) is 1. The van der Waals surface area contributed by atoms with Gasteiger partial charge in [0.25, 0.3) is 0 Å². The first-order valence-corrected chi connectivity index (χ1v) is 9.05. The van der Waals surface area contributed by atoms with Gasteiger partial charge in [0.1, 0.15) is 18.6 Å². The smallest absolute Gasteiger partial charge is 0.414 e. The first kappa shape index (κ1) is 18.3. The SMILES string of the molecule is O=C(CCl)O[C@@H]1CCCN(C(=O)OCc2ccccc2)c2ccccc21. The molecule has 2 aromatic rings. The lowest BCUT2D eigenvalue weighted by Crippen LogP contribution is -2.32. The Morgan fingerprint density at radius 3 is 2.58 bits per heavy atom. The van der Waals surface area contributed by atoms with Crippen LogP contribution in [-0.4, -0.2) is 24.5 Å². The third-order valence-electron chi connectivity index (χ3n) is 4.23. The third-order valence-corrected chi connectivity index (χ3v) is 4.45. The van der Waals surface area contributed by atoms with E-state index in [2.05, 4.69) is 0 Å². The second-order valence-corrected chi connectivity index (χ2v) is 6.27. The van der Waals surface area contributed by atoms with Crippen LogP contribution < -0.4 is 4.90 Å². The van der Waals surface area contributed by atoms with Crippen LogP contribution in [0.15, 0.2) is 54.6 Å². The zero-order valence-electron chi connectivity index (χ0n) is 14.3. The largest absolute Gasteiger partial charge is 0.457 e. The summed E-state index contributed by atoms with van der Waals surface area (Å²) in [7, 11) is 0. The Morgan fingerprint density at radius 2 is 1.81 bits per heavy atom. The van der Waals surface area contributed by atoms with E-state index in [0.717, 1.165) is 11.1 Å². The number of rotatable bonds is 4. The number of carbonyl (C=O) groups excluding carboxylic acids is 2. The number of halogens is 1. The highest BCUT2D eigenvalue weighted by atomic mass is 35.5. The van der Waals surface area contributed by atoms with Gasteiger partial charge in [-0.2, -0.15) is 0 Å².